The predicted octanol–water partition coefficient (Wildman–Crippen LogP) is 6.83. The van der Waals surface area contributed by atoms with Crippen LogP contribution in [0, 0.1) is 5.41 Å². The van der Waals surface area contributed by atoms with Crippen LogP contribution < -0.4 is 0 Å². The first kappa shape index (κ1) is 17.3. The lowest BCUT2D eigenvalue weighted by atomic mass is 9.79. The topological polar surface area (TPSA) is 0 Å². The van der Waals surface area contributed by atoms with Gasteiger partial charge in [0.2, 0.25) is 0 Å². The molecule has 0 radical (unpaired) electrons. The highest BCUT2D eigenvalue weighted by Gasteiger charge is 2.19. The third kappa shape index (κ3) is 5.00. The fraction of sp³-hybridized carbons (Fsp3) is 0.636. The first-order valence-electron chi connectivity index (χ1n) is 8.94. The monoisotopic (exact) mass is 298 g/mol. The van der Waals surface area contributed by atoms with Crippen molar-refractivity contribution in [2.45, 2.75) is 85.5 Å². The summed E-state index contributed by atoms with van der Waals surface area (Å²) < 4.78 is 0. The van der Waals surface area contributed by atoms with E-state index in [0.717, 1.165) is 6.42 Å². The number of hydrogen-bond donors (Lipinski definition) is 0. The van der Waals surface area contributed by atoms with E-state index in [2.05, 4.69) is 65.8 Å². The predicted molar refractivity (Wildman–Crippen MR) is 98.4 cm³/mol. The molecular weight excluding hydrogens is 264 g/mol. The molecule has 0 heteroatoms. The molecule has 1 aliphatic carbocycles. The molecule has 122 valence electrons. The molecule has 0 amide bonds. The van der Waals surface area contributed by atoms with Crippen molar-refractivity contribution >= 4 is 0 Å². The van der Waals surface area contributed by atoms with Gasteiger partial charge in [-0.1, -0.05) is 77.0 Å². The van der Waals surface area contributed by atoms with Crippen molar-refractivity contribution < 1.29 is 0 Å². The minimum Gasteiger partial charge on any atom is -0.0702 e. The lowest BCUT2D eigenvalue weighted by Gasteiger charge is -2.27. The highest BCUT2D eigenvalue weighted by molar-refractivity contribution is 5.32. The Morgan fingerprint density at radius 1 is 0.773 bits per heavy atom. The summed E-state index contributed by atoms with van der Waals surface area (Å²) in [6.07, 6.45) is 7.83. The second kappa shape index (κ2) is 6.60. The zero-order chi connectivity index (χ0) is 16.4. The maximum absolute atomic E-state index is 2.37. The molecule has 0 aliphatic heterocycles. The normalized spacial score (nSPS) is 17.0. The van der Waals surface area contributed by atoms with E-state index in [1.165, 1.54) is 43.2 Å². The third-order valence-electron chi connectivity index (χ3n) is 4.69. The molecule has 0 atom stereocenters. The summed E-state index contributed by atoms with van der Waals surface area (Å²) in [5, 5.41) is 0. The Morgan fingerprint density at radius 3 is 1.82 bits per heavy atom. The van der Waals surface area contributed by atoms with Gasteiger partial charge in [-0.3, -0.25) is 0 Å². The van der Waals surface area contributed by atoms with E-state index in [4.69, 9.17) is 0 Å². The van der Waals surface area contributed by atoms with Crippen molar-refractivity contribution in [2.24, 2.45) is 5.41 Å². The molecule has 0 aromatic heterocycles. The van der Waals surface area contributed by atoms with Crippen molar-refractivity contribution in [3.8, 4) is 0 Å². The van der Waals surface area contributed by atoms with E-state index in [1.54, 1.807) is 11.1 Å². The van der Waals surface area contributed by atoms with Gasteiger partial charge in [-0.25, -0.2) is 0 Å². The quantitative estimate of drug-likeness (QED) is 0.536. The molecule has 1 aromatic rings. The van der Waals surface area contributed by atoms with Gasteiger partial charge < -0.3 is 0 Å². The van der Waals surface area contributed by atoms with Crippen molar-refractivity contribution in [3.63, 3.8) is 0 Å². The van der Waals surface area contributed by atoms with Crippen LogP contribution >= 0.6 is 0 Å². The van der Waals surface area contributed by atoms with Crippen molar-refractivity contribution in [2.75, 3.05) is 0 Å². The summed E-state index contributed by atoms with van der Waals surface area (Å²) in [7, 11) is 0. The van der Waals surface area contributed by atoms with Gasteiger partial charge in [0.05, 0.1) is 0 Å². The van der Waals surface area contributed by atoms with Gasteiger partial charge in [0.25, 0.3) is 0 Å². The van der Waals surface area contributed by atoms with Crippen LogP contribution in [-0.2, 0) is 11.8 Å². The van der Waals surface area contributed by atoms with Crippen molar-refractivity contribution in [1.82, 2.24) is 0 Å². The summed E-state index contributed by atoms with van der Waals surface area (Å²) in [6.45, 7) is 14.0. The molecule has 0 bridgehead atoms. The molecule has 0 heterocycles. The van der Waals surface area contributed by atoms with Crippen LogP contribution in [0.2, 0.25) is 0 Å². The van der Waals surface area contributed by atoms with Crippen LogP contribution in [0.5, 0.6) is 0 Å². The molecule has 0 saturated heterocycles. The first-order chi connectivity index (χ1) is 10.1. The maximum Gasteiger partial charge on any atom is -0.00644 e. The maximum atomic E-state index is 2.37. The van der Waals surface area contributed by atoms with Crippen molar-refractivity contribution in [3.05, 3.63) is 46.5 Å². The Hall–Kier alpha value is -1.04. The highest BCUT2D eigenvalue weighted by Crippen LogP contribution is 2.35. The summed E-state index contributed by atoms with van der Waals surface area (Å²) in [5.74, 6) is 0. The van der Waals surface area contributed by atoms with Gasteiger partial charge in [0.1, 0.15) is 0 Å². The van der Waals surface area contributed by atoms with Crippen LogP contribution in [-0.4, -0.2) is 0 Å². The molecule has 2 rings (SSSR count). The third-order valence-corrected chi connectivity index (χ3v) is 4.69. The lowest BCUT2D eigenvalue weighted by Crippen LogP contribution is -2.12. The first-order valence-corrected chi connectivity index (χ1v) is 8.94. The number of benzene rings is 1. The van der Waals surface area contributed by atoms with Crippen LogP contribution in [0.3, 0.4) is 0 Å². The van der Waals surface area contributed by atoms with Crippen LogP contribution in [0.4, 0.5) is 0 Å². The summed E-state index contributed by atoms with van der Waals surface area (Å²) >= 11 is 0. The molecule has 0 N–H and O–H groups in total. The number of allylic oxidation sites excluding steroid dienone is 2. The minimum atomic E-state index is 0.250. The van der Waals surface area contributed by atoms with Gasteiger partial charge in [-0.05, 0) is 60.5 Å². The Kier molecular flexibility index (Phi) is 5.20. The fourth-order valence-electron chi connectivity index (χ4n) is 3.47. The lowest BCUT2D eigenvalue weighted by molar-refractivity contribution is 0.395. The van der Waals surface area contributed by atoms with E-state index in [9.17, 15) is 0 Å². The average molecular weight is 299 g/mol. The zero-order valence-corrected chi connectivity index (χ0v) is 15.6. The smallest absolute Gasteiger partial charge is 0.00644 e. The molecule has 0 unspecified atom stereocenters. The van der Waals surface area contributed by atoms with Gasteiger partial charge in [0.15, 0.2) is 0 Å². The van der Waals surface area contributed by atoms with E-state index in [0.29, 0.717) is 5.41 Å². The number of rotatable bonds is 3. The van der Waals surface area contributed by atoms with E-state index in [1.807, 2.05) is 0 Å². The summed E-state index contributed by atoms with van der Waals surface area (Å²) in [6, 6.07) is 9.33. The molecular formula is C22H34. The van der Waals surface area contributed by atoms with Gasteiger partial charge in [0, 0.05) is 0 Å². The molecule has 22 heavy (non-hydrogen) atoms. The van der Waals surface area contributed by atoms with Crippen LogP contribution in [0.15, 0.2) is 35.4 Å². The Balaban J connectivity index is 2.16. The number of hydrogen-bond acceptors (Lipinski definition) is 0. The van der Waals surface area contributed by atoms with Gasteiger partial charge in [-0.15, -0.1) is 0 Å². The molecule has 0 saturated carbocycles. The molecule has 0 nitrogen and oxygen atoms in total. The minimum absolute atomic E-state index is 0.250. The molecule has 1 aromatic carbocycles. The van der Waals surface area contributed by atoms with Crippen LogP contribution in [0.25, 0.3) is 0 Å². The average Bonchev–Trinajstić information content (AvgIpc) is 2.39. The summed E-state index contributed by atoms with van der Waals surface area (Å²) in [5.41, 5.74) is 7.05. The van der Waals surface area contributed by atoms with Gasteiger partial charge in [-0.2, -0.15) is 0 Å². The Labute approximate surface area is 138 Å². The molecule has 0 spiro atoms. The van der Waals surface area contributed by atoms with E-state index < -0.39 is 0 Å². The SMILES string of the molecule is CC(C)(C)CC1=C(Cc2ccc(C(C)(C)C)cc2)CCCC1. The standard InChI is InChI=1S/C22H34/c1-21(2,3)16-19-10-8-7-9-18(19)15-17-11-13-20(14-12-17)22(4,5)6/h11-14H,7-10,15-16H2,1-6H3. The Morgan fingerprint density at radius 2 is 1.32 bits per heavy atom. The summed E-state index contributed by atoms with van der Waals surface area (Å²) in [4.78, 5) is 0. The largest absolute Gasteiger partial charge is 0.0702 e. The van der Waals surface area contributed by atoms with E-state index in [-0.39, 0.29) is 5.41 Å². The van der Waals surface area contributed by atoms with Gasteiger partial charge >= 0.3 is 0 Å². The zero-order valence-electron chi connectivity index (χ0n) is 15.6. The molecule has 0 fully saturated rings. The molecule has 1 aliphatic rings. The second-order valence-electron chi connectivity index (χ2n) is 9.28. The van der Waals surface area contributed by atoms with Crippen LogP contribution in [0.1, 0.15) is 84.8 Å². The van der Waals surface area contributed by atoms with E-state index >= 15 is 0 Å². The fourth-order valence-corrected chi connectivity index (χ4v) is 3.47. The highest BCUT2D eigenvalue weighted by atomic mass is 14.2. The van der Waals surface area contributed by atoms with Crippen molar-refractivity contribution in [1.29, 1.82) is 0 Å². The Bertz CT molecular complexity index is 515. The second-order valence-corrected chi connectivity index (χ2v) is 9.28.